The molecule has 1 heterocycles. The summed E-state index contributed by atoms with van der Waals surface area (Å²) in [5.41, 5.74) is 0. The Hall–Kier alpha value is -1.12. The summed E-state index contributed by atoms with van der Waals surface area (Å²) in [7, 11) is 0. The molecule has 0 aromatic carbocycles. The molecule has 1 aliphatic carbocycles. The Bertz CT molecular complexity index is 249. The molecule has 0 atom stereocenters. The van der Waals surface area contributed by atoms with Crippen molar-refractivity contribution in [1.29, 1.82) is 0 Å². The molecule has 0 radical (unpaired) electrons. The predicted octanol–water partition coefficient (Wildman–Crippen LogP) is 1.32. The van der Waals surface area contributed by atoms with Crippen LogP contribution in [-0.2, 0) is 0 Å². The van der Waals surface area contributed by atoms with Crippen LogP contribution in [0.2, 0.25) is 0 Å². The lowest BCUT2D eigenvalue weighted by atomic mass is 10.3. The first kappa shape index (κ1) is 6.58. The van der Waals surface area contributed by atoms with Gasteiger partial charge in [-0.1, -0.05) is 0 Å². The van der Waals surface area contributed by atoms with Crippen LogP contribution >= 0.6 is 0 Å². The van der Waals surface area contributed by atoms with E-state index in [1.54, 1.807) is 23.3 Å². The van der Waals surface area contributed by atoms with Crippen molar-refractivity contribution >= 4 is 5.91 Å². The van der Waals surface area contributed by atoms with Gasteiger partial charge in [0.15, 0.2) is 0 Å². The number of rotatable bonds is 2. The van der Waals surface area contributed by atoms with Crippen LogP contribution in [0.3, 0.4) is 0 Å². The van der Waals surface area contributed by atoms with Gasteiger partial charge in [-0.25, -0.2) is 4.98 Å². The first-order chi connectivity index (χ1) is 5.36. The molecule has 0 unspecified atom stereocenters. The van der Waals surface area contributed by atoms with Crippen molar-refractivity contribution < 1.29 is 4.79 Å². The third-order valence-electron chi connectivity index (χ3n) is 1.95. The third-order valence-corrected chi connectivity index (χ3v) is 1.95. The highest BCUT2D eigenvalue weighted by Gasteiger charge is 2.24. The molecule has 0 spiro atoms. The zero-order valence-electron chi connectivity index (χ0n) is 6.23. The van der Waals surface area contributed by atoms with Gasteiger partial charge in [-0.15, -0.1) is 0 Å². The number of hydrogen-bond donors (Lipinski definition) is 0. The van der Waals surface area contributed by atoms with E-state index in [1.165, 1.54) is 12.8 Å². The molecule has 0 N–H and O–H groups in total. The lowest BCUT2D eigenvalue weighted by molar-refractivity contribution is 0.0895. The van der Waals surface area contributed by atoms with Crippen LogP contribution in [0.25, 0.3) is 0 Å². The summed E-state index contributed by atoms with van der Waals surface area (Å²) in [5.74, 6) is 0.829. The van der Waals surface area contributed by atoms with Gasteiger partial charge in [-0.2, -0.15) is 0 Å². The molecule has 58 valence electrons. The van der Waals surface area contributed by atoms with Crippen LogP contribution in [-0.4, -0.2) is 15.5 Å². The quantitative estimate of drug-likeness (QED) is 0.637. The van der Waals surface area contributed by atoms with Crippen LogP contribution in [0.5, 0.6) is 0 Å². The van der Waals surface area contributed by atoms with Crippen molar-refractivity contribution in [2.45, 2.75) is 19.3 Å². The minimum Gasteiger partial charge on any atom is -0.276 e. The van der Waals surface area contributed by atoms with Crippen molar-refractivity contribution in [1.82, 2.24) is 9.55 Å². The van der Waals surface area contributed by atoms with Crippen molar-refractivity contribution in [3.63, 3.8) is 0 Å². The SMILES string of the molecule is O=C(CC1CC1)n1ccnc1. The summed E-state index contributed by atoms with van der Waals surface area (Å²) in [6.45, 7) is 0. The molecule has 3 nitrogen and oxygen atoms in total. The predicted molar refractivity (Wildman–Crippen MR) is 40.2 cm³/mol. The Balaban J connectivity index is 1.99. The van der Waals surface area contributed by atoms with E-state index in [0.717, 1.165) is 0 Å². The second-order valence-corrected chi connectivity index (χ2v) is 3.01. The van der Waals surface area contributed by atoms with Crippen LogP contribution < -0.4 is 0 Å². The molecule has 3 heteroatoms. The fourth-order valence-corrected chi connectivity index (χ4v) is 1.08. The average molecular weight is 150 g/mol. The Morgan fingerprint density at radius 3 is 3.00 bits per heavy atom. The number of carbonyl (C=O) groups excluding carboxylic acids is 1. The minimum absolute atomic E-state index is 0.171. The summed E-state index contributed by atoms with van der Waals surface area (Å²) in [4.78, 5) is 15.1. The molecule has 0 bridgehead atoms. The van der Waals surface area contributed by atoms with Crippen LogP contribution in [0, 0.1) is 5.92 Å². The molecule has 2 rings (SSSR count). The maximum atomic E-state index is 11.3. The Morgan fingerprint density at radius 1 is 1.64 bits per heavy atom. The minimum atomic E-state index is 0.171. The molecule has 1 fully saturated rings. The number of carbonyl (C=O) groups is 1. The van der Waals surface area contributed by atoms with Gasteiger partial charge in [0.2, 0.25) is 5.91 Å². The lowest BCUT2D eigenvalue weighted by Crippen LogP contribution is -2.08. The molecule has 11 heavy (non-hydrogen) atoms. The van der Waals surface area contributed by atoms with Gasteiger partial charge in [-0.3, -0.25) is 9.36 Å². The third kappa shape index (κ3) is 1.48. The maximum Gasteiger partial charge on any atom is 0.232 e. The van der Waals surface area contributed by atoms with Gasteiger partial charge in [0.1, 0.15) is 6.33 Å². The van der Waals surface area contributed by atoms with E-state index in [1.807, 2.05) is 0 Å². The first-order valence-electron chi connectivity index (χ1n) is 3.87. The van der Waals surface area contributed by atoms with E-state index in [0.29, 0.717) is 12.3 Å². The average Bonchev–Trinajstić information content (AvgIpc) is 2.67. The van der Waals surface area contributed by atoms with Crippen LogP contribution in [0.4, 0.5) is 0 Å². The van der Waals surface area contributed by atoms with E-state index in [4.69, 9.17) is 0 Å². The second kappa shape index (κ2) is 2.49. The Labute approximate surface area is 65.1 Å². The zero-order valence-corrected chi connectivity index (χ0v) is 6.23. The number of nitrogens with zero attached hydrogens (tertiary/aromatic N) is 2. The molecule has 1 saturated carbocycles. The molecular weight excluding hydrogens is 140 g/mol. The van der Waals surface area contributed by atoms with Gasteiger partial charge >= 0.3 is 0 Å². The first-order valence-corrected chi connectivity index (χ1v) is 3.87. The van der Waals surface area contributed by atoms with Crippen molar-refractivity contribution in [3.05, 3.63) is 18.7 Å². The Morgan fingerprint density at radius 2 is 2.45 bits per heavy atom. The smallest absolute Gasteiger partial charge is 0.232 e. The highest BCUT2D eigenvalue weighted by Crippen LogP contribution is 2.32. The zero-order chi connectivity index (χ0) is 7.68. The maximum absolute atomic E-state index is 11.3. The molecule has 1 aliphatic rings. The monoisotopic (exact) mass is 150 g/mol. The fraction of sp³-hybridized carbons (Fsp3) is 0.500. The molecule has 1 aromatic rings. The van der Waals surface area contributed by atoms with Gasteiger partial charge in [0.25, 0.3) is 0 Å². The summed E-state index contributed by atoms with van der Waals surface area (Å²) in [6, 6.07) is 0. The van der Waals surface area contributed by atoms with Crippen molar-refractivity contribution in [2.24, 2.45) is 5.92 Å². The summed E-state index contributed by atoms with van der Waals surface area (Å²) in [6.07, 6.45) is 8.03. The molecule has 1 aromatic heterocycles. The number of hydrogen-bond acceptors (Lipinski definition) is 2. The molecule has 0 aliphatic heterocycles. The standard InChI is InChI=1S/C8H10N2O/c11-8(5-7-1-2-7)10-4-3-9-6-10/h3-4,6-7H,1-2,5H2. The number of imidazole rings is 1. The van der Waals surface area contributed by atoms with E-state index in [2.05, 4.69) is 4.98 Å². The van der Waals surface area contributed by atoms with Gasteiger partial charge in [0.05, 0.1) is 0 Å². The summed E-state index contributed by atoms with van der Waals surface area (Å²) >= 11 is 0. The van der Waals surface area contributed by atoms with Crippen LogP contribution in [0.15, 0.2) is 18.7 Å². The molecule has 0 amide bonds. The summed E-state index contributed by atoms with van der Waals surface area (Å²) < 4.78 is 1.55. The molecular formula is C8H10N2O. The van der Waals surface area contributed by atoms with E-state index >= 15 is 0 Å². The van der Waals surface area contributed by atoms with Crippen molar-refractivity contribution in [2.75, 3.05) is 0 Å². The Kier molecular flexibility index (Phi) is 1.49. The van der Waals surface area contributed by atoms with E-state index in [9.17, 15) is 4.79 Å². The highest BCUT2D eigenvalue weighted by molar-refractivity contribution is 5.79. The highest BCUT2D eigenvalue weighted by atomic mass is 16.2. The normalized spacial score (nSPS) is 16.7. The topological polar surface area (TPSA) is 34.9 Å². The second-order valence-electron chi connectivity index (χ2n) is 3.01. The number of aromatic nitrogens is 2. The van der Waals surface area contributed by atoms with Crippen molar-refractivity contribution in [3.8, 4) is 0 Å². The largest absolute Gasteiger partial charge is 0.276 e. The van der Waals surface area contributed by atoms with Gasteiger partial charge in [0, 0.05) is 18.8 Å². The van der Waals surface area contributed by atoms with Crippen LogP contribution in [0.1, 0.15) is 24.1 Å². The van der Waals surface area contributed by atoms with Gasteiger partial charge in [-0.05, 0) is 18.8 Å². The lowest BCUT2D eigenvalue weighted by Gasteiger charge is -1.96. The summed E-state index contributed by atoms with van der Waals surface area (Å²) in [5, 5.41) is 0. The fourth-order valence-electron chi connectivity index (χ4n) is 1.08. The van der Waals surface area contributed by atoms with E-state index in [-0.39, 0.29) is 5.91 Å². The molecule has 0 saturated heterocycles. The van der Waals surface area contributed by atoms with E-state index < -0.39 is 0 Å². The van der Waals surface area contributed by atoms with Gasteiger partial charge < -0.3 is 0 Å².